The van der Waals surface area contributed by atoms with Gasteiger partial charge in [-0.1, -0.05) is 26.3 Å². The van der Waals surface area contributed by atoms with Gasteiger partial charge in [-0.15, -0.1) is 0 Å². The summed E-state index contributed by atoms with van der Waals surface area (Å²) in [6.07, 6.45) is 4.93. The number of hydrogen-bond donors (Lipinski definition) is 1. The number of unbranched alkanes of at least 4 members (excludes halogenated alkanes) is 1. The number of hydrogen-bond acceptors (Lipinski definition) is 3. The van der Waals surface area contributed by atoms with E-state index in [1.54, 1.807) is 7.11 Å². The largest absolute Gasteiger partial charge is 0.497 e. The minimum atomic E-state index is 0.413. The molecule has 0 fully saturated rings. The highest BCUT2D eigenvalue weighted by molar-refractivity contribution is 5.40. The van der Waals surface area contributed by atoms with Gasteiger partial charge in [-0.25, -0.2) is 0 Å². The Morgan fingerprint density at radius 1 is 1.33 bits per heavy atom. The number of benzene rings is 1. The van der Waals surface area contributed by atoms with Gasteiger partial charge in [0, 0.05) is 12.1 Å². The van der Waals surface area contributed by atoms with Crippen LogP contribution in [0.2, 0.25) is 0 Å². The zero-order valence-electron chi connectivity index (χ0n) is 14.0. The summed E-state index contributed by atoms with van der Waals surface area (Å²) in [5.41, 5.74) is 2.90. The van der Waals surface area contributed by atoms with Gasteiger partial charge in [0.15, 0.2) is 0 Å². The smallest absolute Gasteiger partial charge is 0.119 e. The molecule has 0 saturated carbocycles. The Labute approximate surface area is 129 Å². The van der Waals surface area contributed by atoms with Gasteiger partial charge >= 0.3 is 0 Å². The minimum Gasteiger partial charge on any atom is -0.497 e. The standard InChI is InChI=1S/C18H30N2O/c1-5-7-12-20(3)17-11-9-14-8-10-15(21-4)13-16(14)18(17)19-6-2/h8,10,13,17-19H,5-7,9,11-12H2,1-4H3. The Morgan fingerprint density at radius 2 is 2.14 bits per heavy atom. The van der Waals surface area contributed by atoms with Crippen molar-refractivity contribution in [3.63, 3.8) is 0 Å². The molecular formula is C18H30N2O. The molecule has 0 amide bonds. The lowest BCUT2D eigenvalue weighted by atomic mass is 9.83. The van der Waals surface area contributed by atoms with E-state index in [4.69, 9.17) is 4.74 Å². The molecule has 1 N–H and O–H groups in total. The van der Waals surface area contributed by atoms with Crippen LogP contribution in [0.15, 0.2) is 18.2 Å². The van der Waals surface area contributed by atoms with E-state index in [0.717, 1.165) is 12.3 Å². The highest BCUT2D eigenvalue weighted by atomic mass is 16.5. The number of nitrogens with zero attached hydrogens (tertiary/aromatic N) is 1. The van der Waals surface area contributed by atoms with Crippen molar-refractivity contribution >= 4 is 0 Å². The van der Waals surface area contributed by atoms with Crippen molar-refractivity contribution in [2.45, 2.75) is 51.6 Å². The number of ether oxygens (including phenoxy) is 1. The van der Waals surface area contributed by atoms with Crippen molar-refractivity contribution in [1.29, 1.82) is 0 Å². The second-order valence-electron chi connectivity index (χ2n) is 6.04. The normalized spacial score (nSPS) is 21.4. The lowest BCUT2D eigenvalue weighted by molar-refractivity contribution is 0.171. The maximum atomic E-state index is 5.43. The van der Waals surface area contributed by atoms with Crippen LogP contribution in [0.1, 0.15) is 50.3 Å². The number of aryl methyl sites for hydroxylation is 1. The number of likely N-dealkylation sites (N-methyl/N-ethyl adjacent to an activating group) is 2. The Morgan fingerprint density at radius 3 is 2.81 bits per heavy atom. The highest BCUT2D eigenvalue weighted by Gasteiger charge is 2.31. The fraction of sp³-hybridized carbons (Fsp3) is 0.667. The number of methoxy groups -OCH3 is 1. The predicted molar refractivity (Wildman–Crippen MR) is 89.1 cm³/mol. The molecule has 0 spiro atoms. The number of rotatable bonds is 7. The third-order valence-electron chi connectivity index (χ3n) is 4.64. The van der Waals surface area contributed by atoms with Gasteiger partial charge < -0.3 is 15.0 Å². The van der Waals surface area contributed by atoms with Gasteiger partial charge in [-0.2, -0.15) is 0 Å². The van der Waals surface area contributed by atoms with Crippen LogP contribution in [-0.4, -0.2) is 38.2 Å². The molecule has 21 heavy (non-hydrogen) atoms. The minimum absolute atomic E-state index is 0.413. The van der Waals surface area contributed by atoms with Gasteiger partial charge in [0.25, 0.3) is 0 Å². The average molecular weight is 290 g/mol. The first-order valence-electron chi connectivity index (χ1n) is 8.31. The fourth-order valence-electron chi connectivity index (χ4n) is 3.41. The van der Waals surface area contributed by atoms with Crippen molar-refractivity contribution in [2.24, 2.45) is 0 Å². The molecule has 1 aliphatic carbocycles. The number of fused-ring (bicyclic) bond motifs is 1. The lowest BCUT2D eigenvalue weighted by Gasteiger charge is -2.40. The van der Waals surface area contributed by atoms with E-state index in [1.165, 1.54) is 43.4 Å². The van der Waals surface area contributed by atoms with Gasteiger partial charge in [0.1, 0.15) is 5.75 Å². The third-order valence-corrected chi connectivity index (χ3v) is 4.64. The summed E-state index contributed by atoms with van der Waals surface area (Å²) >= 11 is 0. The van der Waals surface area contributed by atoms with E-state index in [2.05, 4.69) is 49.3 Å². The Balaban J connectivity index is 2.24. The molecule has 1 aromatic rings. The molecule has 0 radical (unpaired) electrons. The molecule has 0 heterocycles. The molecule has 0 saturated heterocycles. The number of nitrogens with one attached hydrogen (secondary N) is 1. The van der Waals surface area contributed by atoms with E-state index in [-0.39, 0.29) is 0 Å². The first-order valence-corrected chi connectivity index (χ1v) is 8.31. The van der Waals surface area contributed by atoms with E-state index in [0.29, 0.717) is 12.1 Å². The molecule has 3 heteroatoms. The zero-order chi connectivity index (χ0) is 15.2. The molecular weight excluding hydrogens is 260 g/mol. The van der Waals surface area contributed by atoms with E-state index >= 15 is 0 Å². The molecule has 0 aromatic heterocycles. The predicted octanol–water partition coefficient (Wildman–Crippen LogP) is 3.39. The Hall–Kier alpha value is -1.06. The van der Waals surface area contributed by atoms with Gasteiger partial charge in [0.2, 0.25) is 0 Å². The average Bonchev–Trinajstić information content (AvgIpc) is 2.52. The molecule has 0 aliphatic heterocycles. The zero-order valence-corrected chi connectivity index (χ0v) is 14.0. The second-order valence-corrected chi connectivity index (χ2v) is 6.04. The summed E-state index contributed by atoms with van der Waals surface area (Å²) in [7, 11) is 4.02. The monoisotopic (exact) mass is 290 g/mol. The van der Waals surface area contributed by atoms with E-state index in [1.807, 2.05) is 0 Å². The van der Waals surface area contributed by atoms with Crippen molar-refractivity contribution in [1.82, 2.24) is 10.2 Å². The first-order chi connectivity index (χ1) is 10.2. The summed E-state index contributed by atoms with van der Waals surface area (Å²) in [4.78, 5) is 2.54. The lowest BCUT2D eigenvalue weighted by Crippen LogP contribution is -2.46. The molecule has 2 atom stereocenters. The van der Waals surface area contributed by atoms with E-state index in [9.17, 15) is 0 Å². The molecule has 2 unspecified atom stereocenters. The maximum Gasteiger partial charge on any atom is 0.119 e. The quantitative estimate of drug-likeness (QED) is 0.833. The summed E-state index contributed by atoms with van der Waals surface area (Å²) in [5.74, 6) is 0.966. The first kappa shape index (κ1) is 16.3. The summed E-state index contributed by atoms with van der Waals surface area (Å²) in [6.45, 7) is 6.63. The van der Waals surface area contributed by atoms with E-state index < -0.39 is 0 Å². The SMILES string of the molecule is CCCCN(C)C1CCc2ccc(OC)cc2C1NCC. The van der Waals surface area contributed by atoms with Crippen LogP contribution in [-0.2, 0) is 6.42 Å². The van der Waals surface area contributed by atoms with Gasteiger partial charge in [-0.05, 0) is 62.7 Å². The van der Waals surface area contributed by atoms with Crippen LogP contribution in [0.3, 0.4) is 0 Å². The molecule has 1 aromatic carbocycles. The topological polar surface area (TPSA) is 24.5 Å². The summed E-state index contributed by atoms with van der Waals surface area (Å²) in [6, 6.07) is 7.54. The van der Waals surface area contributed by atoms with Gasteiger partial charge in [0.05, 0.1) is 7.11 Å². The van der Waals surface area contributed by atoms with Crippen LogP contribution in [0.5, 0.6) is 5.75 Å². The van der Waals surface area contributed by atoms with Gasteiger partial charge in [-0.3, -0.25) is 0 Å². The van der Waals surface area contributed by atoms with Crippen molar-refractivity contribution in [3.05, 3.63) is 29.3 Å². The molecule has 118 valence electrons. The van der Waals surface area contributed by atoms with Crippen LogP contribution >= 0.6 is 0 Å². The molecule has 1 aliphatic rings. The molecule has 3 nitrogen and oxygen atoms in total. The Bertz CT molecular complexity index is 447. The maximum absolute atomic E-state index is 5.43. The van der Waals surface area contributed by atoms with Crippen LogP contribution < -0.4 is 10.1 Å². The van der Waals surface area contributed by atoms with Crippen molar-refractivity contribution in [3.8, 4) is 5.75 Å². The Kier molecular flexibility index (Phi) is 6.07. The fourth-order valence-corrected chi connectivity index (χ4v) is 3.41. The van der Waals surface area contributed by atoms with Crippen LogP contribution in [0.25, 0.3) is 0 Å². The highest BCUT2D eigenvalue weighted by Crippen LogP contribution is 2.35. The third kappa shape index (κ3) is 3.78. The van der Waals surface area contributed by atoms with Crippen molar-refractivity contribution < 1.29 is 4.74 Å². The molecule has 2 rings (SSSR count). The second kappa shape index (κ2) is 7.81. The van der Waals surface area contributed by atoms with Crippen molar-refractivity contribution in [2.75, 3.05) is 27.2 Å². The molecule has 0 bridgehead atoms. The summed E-state index contributed by atoms with van der Waals surface area (Å²) in [5, 5.41) is 3.70. The summed E-state index contributed by atoms with van der Waals surface area (Å²) < 4.78 is 5.43. The van der Waals surface area contributed by atoms with Crippen LogP contribution in [0.4, 0.5) is 0 Å². The van der Waals surface area contributed by atoms with Crippen LogP contribution in [0, 0.1) is 0 Å².